The molecule has 0 aromatic heterocycles. The maximum absolute atomic E-state index is 13.4. The second-order valence-corrected chi connectivity index (χ2v) is 7.22. The lowest BCUT2D eigenvalue weighted by atomic mass is 10.1. The van der Waals surface area contributed by atoms with E-state index >= 15 is 0 Å². The number of nitrogens with zero attached hydrogens (tertiary/aromatic N) is 1. The summed E-state index contributed by atoms with van der Waals surface area (Å²) in [5.74, 6) is -1.04. The molecule has 2 N–H and O–H groups in total. The van der Waals surface area contributed by atoms with Crippen LogP contribution in [-0.4, -0.2) is 8.42 Å². The number of rotatable bonds is 3. The summed E-state index contributed by atoms with van der Waals surface area (Å²) in [6.07, 6.45) is 0. The van der Waals surface area contributed by atoms with Crippen LogP contribution in [0.2, 0.25) is 0 Å². The predicted octanol–water partition coefficient (Wildman–Crippen LogP) is 3.02. The largest absolute Gasteiger partial charge is 0.399 e. The van der Waals surface area contributed by atoms with Gasteiger partial charge in [-0.3, -0.25) is 0 Å². The monoisotopic (exact) mass is 368 g/mol. The van der Waals surface area contributed by atoms with E-state index in [4.69, 9.17) is 11.0 Å². The molecular weight excluding hydrogens is 359 g/mol. The third-order valence-corrected chi connectivity index (χ3v) is 5.39. The van der Waals surface area contributed by atoms with E-state index in [9.17, 15) is 12.8 Å². The highest BCUT2D eigenvalue weighted by molar-refractivity contribution is 9.10. The molecule has 0 atom stereocenters. The Morgan fingerprint density at radius 2 is 1.95 bits per heavy atom. The van der Waals surface area contributed by atoms with E-state index in [1.165, 1.54) is 24.3 Å². The molecule has 4 nitrogen and oxygen atoms in total. The van der Waals surface area contributed by atoms with Gasteiger partial charge in [-0.15, -0.1) is 0 Å². The number of hydrogen-bond acceptors (Lipinski definition) is 4. The van der Waals surface area contributed by atoms with E-state index in [1.807, 2.05) is 0 Å². The van der Waals surface area contributed by atoms with Crippen molar-refractivity contribution in [3.8, 4) is 6.07 Å². The van der Waals surface area contributed by atoms with E-state index in [0.717, 1.165) is 12.1 Å². The normalized spacial score (nSPS) is 11.1. The smallest absolute Gasteiger partial charge is 0.183 e. The van der Waals surface area contributed by atoms with Crippen LogP contribution >= 0.6 is 15.9 Å². The van der Waals surface area contributed by atoms with Gasteiger partial charge >= 0.3 is 0 Å². The standard InChI is InChI=1S/C14H10BrFN2O2S/c15-13-6-12(18)1-2-14(13)21(19,20)8-10-3-9(7-17)4-11(16)5-10/h1-6H,8,18H2. The minimum absolute atomic E-state index is 0.0690. The van der Waals surface area contributed by atoms with E-state index < -0.39 is 21.4 Å². The zero-order valence-electron chi connectivity index (χ0n) is 10.7. The number of nitriles is 1. The molecule has 0 amide bonds. The topological polar surface area (TPSA) is 84.0 Å². The van der Waals surface area contributed by atoms with Crippen LogP contribution in [0, 0.1) is 17.1 Å². The number of sulfone groups is 1. The van der Waals surface area contributed by atoms with Gasteiger partial charge in [-0.05, 0) is 57.9 Å². The summed E-state index contributed by atoms with van der Waals surface area (Å²) < 4.78 is 38.4. The minimum atomic E-state index is -3.68. The Balaban J connectivity index is 2.42. The van der Waals surface area contributed by atoms with Gasteiger partial charge in [0.15, 0.2) is 9.84 Å². The molecule has 21 heavy (non-hydrogen) atoms. The minimum Gasteiger partial charge on any atom is -0.399 e. The molecule has 0 saturated heterocycles. The van der Waals surface area contributed by atoms with Crippen molar-refractivity contribution in [3.63, 3.8) is 0 Å². The lowest BCUT2D eigenvalue weighted by molar-refractivity contribution is 0.594. The van der Waals surface area contributed by atoms with Gasteiger partial charge in [0.25, 0.3) is 0 Å². The average molecular weight is 369 g/mol. The Labute approximate surface area is 130 Å². The molecule has 108 valence electrons. The van der Waals surface area contributed by atoms with E-state index in [0.29, 0.717) is 10.2 Å². The highest BCUT2D eigenvalue weighted by Crippen LogP contribution is 2.27. The van der Waals surface area contributed by atoms with E-state index in [1.54, 1.807) is 6.07 Å². The molecule has 0 fully saturated rings. The molecule has 0 radical (unpaired) electrons. The molecule has 0 saturated carbocycles. The average Bonchev–Trinajstić information content (AvgIpc) is 2.36. The summed E-state index contributed by atoms with van der Waals surface area (Å²) in [6, 6.07) is 9.65. The molecule has 0 aliphatic heterocycles. The molecule has 0 spiro atoms. The van der Waals surface area contributed by atoms with Crippen molar-refractivity contribution < 1.29 is 12.8 Å². The summed E-state index contributed by atoms with van der Waals surface area (Å²) >= 11 is 3.15. The second kappa shape index (κ2) is 5.84. The molecule has 2 aromatic rings. The maximum atomic E-state index is 13.4. The lowest BCUT2D eigenvalue weighted by Gasteiger charge is -2.08. The van der Waals surface area contributed by atoms with Gasteiger partial charge in [0.2, 0.25) is 0 Å². The zero-order chi connectivity index (χ0) is 15.6. The van der Waals surface area contributed by atoms with Crippen molar-refractivity contribution in [1.82, 2.24) is 0 Å². The van der Waals surface area contributed by atoms with Crippen LogP contribution < -0.4 is 5.73 Å². The Hall–Kier alpha value is -1.91. The Kier molecular flexibility index (Phi) is 4.30. The molecule has 0 aliphatic rings. The third-order valence-electron chi connectivity index (χ3n) is 2.73. The first-order valence-corrected chi connectivity index (χ1v) is 8.24. The molecule has 0 aliphatic carbocycles. The SMILES string of the molecule is N#Cc1cc(F)cc(CS(=O)(=O)c2ccc(N)cc2Br)c1. The number of nitrogen functional groups attached to an aromatic ring is 1. The first kappa shape index (κ1) is 15.5. The van der Waals surface area contributed by atoms with E-state index in [-0.39, 0.29) is 16.0 Å². The lowest BCUT2D eigenvalue weighted by Crippen LogP contribution is -2.07. The molecule has 0 bridgehead atoms. The fourth-order valence-corrected chi connectivity index (χ4v) is 4.39. The predicted molar refractivity (Wildman–Crippen MR) is 80.6 cm³/mol. The number of halogens is 2. The van der Waals surface area contributed by atoms with Crippen molar-refractivity contribution >= 4 is 31.5 Å². The Morgan fingerprint density at radius 3 is 2.57 bits per heavy atom. The first-order chi connectivity index (χ1) is 9.81. The summed E-state index contributed by atoms with van der Waals surface area (Å²) in [5, 5.41) is 8.79. The van der Waals surface area contributed by atoms with Crippen LogP contribution in [0.3, 0.4) is 0 Å². The van der Waals surface area contributed by atoms with Crippen molar-refractivity contribution in [1.29, 1.82) is 5.26 Å². The molecule has 2 aromatic carbocycles. The van der Waals surface area contributed by atoms with Gasteiger partial charge in [0.1, 0.15) is 5.82 Å². The van der Waals surface area contributed by atoms with Crippen LogP contribution in [0.5, 0.6) is 0 Å². The van der Waals surface area contributed by atoms with Gasteiger partial charge in [-0.25, -0.2) is 12.8 Å². The fraction of sp³-hybridized carbons (Fsp3) is 0.0714. The van der Waals surface area contributed by atoms with Crippen molar-refractivity contribution in [2.45, 2.75) is 10.6 Å². The highest BCUT2D eigenvalue weighted by atomic mass is 79.9. The number of benzene rings is 2. The van der Waals surface area contributed by atoms with Crippen molar-refractivity contribution in [3.05, 3.63) is 57.8 Å². The number of hydrogen-bond donors (Lipinski definition) is 1. The quantitative estimate of drug-likeness (QED) is 0.843. The third kappa shape index (κ3) is 3.60. The van der Waals surface area contributed by atoms with E-state index in [2.05, 4.69) is 15.9 Å². The number of anilines is 1. The number of nitrogens with two attached hydrogens (primary N) is 1. The molecule has 0 unspecified atom stereocenters. The van der Waals surface area contributed by atoms with Crippen LogP contribution in [-0.2, 0) is 15.6 Å². The zero-order valence-corrected chi connectivity index (χ0v) is 13.1. The summed E-state index contributed by atoms with van der Waals surface area (Å²) in [5.41, 5.74) is 6.30. The van der Waals surface area contributed by atoms with Crippen molar-refractivity contribution in [2.75, 3.05) is 5.73 Å². The van der Waals surface area contributed by atoms with Gasteiger partial charge in [0, 0.05) is 10.2 Å². The van der Waals surface area contributed by atoms with Gasteiger partial charge in [-0.1, -0.05) is 0 Å². The van der Waals surface area contributed by atoms with Crippen LogP contribution in [0.1, 0.15) is 11.1 Å². The first-order valence-electron chi connectivity index (χ1n) is 5.79. The van der Waals surface area contributed by atoms with Crippen LogP contribution in [0.4, 0.5) is 10.1 Å². The fourth-order valence-electron chi connectivity index (χ4n) is 1.86. The maximum Gasteiger partial charge on any atom is 0.183 e. The molecule has 7 heteroatoms. The van der Waals surface area contributed by atoms with Gasteiger partial charge in [0.05, 0.1) is 22.3 Å². The summed E-state index contributed by atoms with van der Waals surface area (Å²) in [6.45, 7) is 0. The van der Waals surface area contributed by atoms with Gasteiger partial charge < -0.3 is 5.73 Å². The summed E-state index contributed by atoms with van der Waals surface area (Å²) in [7, 11) is -3.68. The van der Waals surface area contributed by atoms with Crippen LogP contribution in [0.15, 0.2) is 45.8 Å². The Morgan fingerprint density at radius 1 is 1.24 bits per heavy atom. The molecule has 2 rings (SSSR count). The molecule has 0 heterocycles. The highest BCUT2D eigenvalue weighted by Gasteiger charge is 2.19. The summed E-state index contributed by atoms with van der Waals surface area (Å²) in [4.78, 5) is 0.0690. The van der Waals surface area contributed by atoms with Crippen molar-refractivity contribution in [2.24, 2.45) is 0 Å². The van der Waals surface area contributed by atoms with Gasteiger partial charge in [-0.2, -0.15) is 5.26 Å². The second-order valence-electron chi connectivity index (χ2n) is 4.41. The molecular formula is C14H10BrFN2O2S. The Bertz CT molecular complexity index is 845. The van der Waals surface area contributed by atoms with Crippen LogP contribution in [0.25, 0.3) is 0 Å².